The van der Waals surface area contributed by atoms with Gasteiger partial charge in [0, 0.05) is 35.4 Å². The van der Waals surface area contributed by atoms with E-state index in [1.807, 2.05) is 59.7 Å². The van der Waals surface area contributed by atoms with Crippen LogP contribution in [0.15, 0.2) is 71.8 Å². The predicted molar refractivity (Wildman–Crippen MR) is 147 cm³/mol. The first kappa shape index (κ1) is 30.8. The van der Waals surface area contributed by atoms with Gasteiger partial charge in [0.05, 0.1) is 13.2 Å². The minimum absolute atomic E-state index is 0. The molecule has 8 heteroatoms. The van der Waals surface area contributed by atoms with Crippen LogP contribution in [-0.2, 0) is 0 Å². The summed E-state index contributed by atoms with van der Waals surface area (Å²) >= 11 is 6.19. The summed E-state index contributed by atoms with van der Waals surface area (Å²) < 4.78 is 1.98. The number of aliphatic hydroxyl groups is 4. The van der Waals surface area contributed by atoms with Crippen molar-refractivity contribution >= 4 is 28.6 Å². The largest absolute Gasteiger partial charge is 1.00 e. The van der Waals surface area contributed by atoms with E-state index in [1.165, 1.54) is 0 Å². The van der Waals surface area contributed by atoms with Crippen LogP contribution in [0.4, 0.5) is 5.69 Å². The van der Waals surface area contributed by atoms with Crippen LogP contribution < -0.4 is 17.3 Å². The average Bonchev–Trinajstić information content (AvgIpc) is 2.86. The maximum atomic E-state index is 9.46. The third-order valence-corrected chi connectivity index (χ3v) is 6.52. The third-order valence-electron chi connectivity index (χ3n) is 6.26. The smallest absolute Gasteiger partial charge is 0.203 e. The van der Waals surface area contributed by atoms with Crippen LogP contribution in [0.2, 0.25) is 5.02 Å². The molecule has 0 heterocycles. The Morgan fingerprint density at radius 2 is 1.41 bits per heavy atom. The highest BCUT2D eigenvalue weighted by atomic mass is 35.5. The Labute approximate surface area is 230 Å². The zero-order valence-corrected chi connectivity index (χ0v) is 22.9. The van der Waals surface area contributed by atoms with Crippen molar-refractivity contribution in [1.29, 1.82) is 0 Å². The number of anilines is 1. The van der Waals surface area contributed by atoms with E-state index >= 15 is 0 Å². The Hall–Kier alpha value is -2.45. The second kappa shape index (κ2) is 15.1. The second-order valence-corrected chi connectivity index (χ2v) is 9.19. The van der Waals surface area contributed by atoms with Crippen molar-refractivity contribution < 1.29 is 37.4 Å². The van der Waals surface area contributed by atoms with Crippen LogP contribution in [0.25, 0.3) is 5.57 Å². The molecule has 3 rings (SSSR count). The molecule has 0 saturated carbocycles. The van der Waals surface area contributed by atoms with E-state index in [1.54, 1.807) is 0 Å². The summed E-state index contributed by atoms with van der Waals surface area (Å²) in [6, 6.07) is 14.0. The second-order valence-electron chi connectivity index (χ2n) is 8.75. The lowest BCUT2D eigenvalue weighted by molar-refractivity contribution is -0.531. The topological polar surface area (TPSA) is 87.2 Å². The fourth-order valence-corrected chi connectivity index (χ4v) is 4.76. The molecule has 0 aliphatic heterocycles. The highest BCUT2D eigenvalue weighted by molar-refractivity contribution is 6.30. The van der Waals surface area contributed by atoms with Crippen molar-refractivity contribution in [2.24, 2.45) is 0 Å². The lowest BCUT2D eigenvalue weighted by atomic mass is 9.88. The molecule has 37 heavy (non-hydrogen) atoms. The van der Waals surface area contributed by atoms with Gasteiger partial charge < -0.3 is 37.7 Å². The molecule has 4 N–H and O–H groups in total. The van der Waals surface area contributed by atoms with Gasteiger partial charge in [0.25, 0.3) is 0 Å². The fourth-order valence-electron chi connectivity index (χ4n) is 4.64. The first-order valence-electron chi connectivity index (χ1n) is 12.2. The van der Waals surface area contributed by atoms with E-state index in [9.17, 15) is 20.4 Å². The molecule has 2 aromatic carbocycles. The van der Waals surface area contributed by atoms with Gasteiger partial charge in [-0.1, -0.05) is 29.8 Å². The van der Waals surface area contributed by atoms with Gasteiger partial charge in [-0.2, -0.15) is 0 Å². The Bertz CT molecular complexity index is 1160. The van der Waals surface area contributed by atoms with Crippen LogP contribution in [0, 0.1) is 6.92 Å². The first-order chi connectivity index (χ1) is 17.4. The molecule has 0 bridgehead atoms. The highest BCUT2D eigenvalue weighted by Gasteiger charge is 2.20. The molecule has 0 fully saturated rings. The molecule has 0 amide bonds. The molecule has 0 atom stereocenters. The molecule has 200 valence electrons. The number of benzene rings is 2. The number of allylic oxidation sites excluding steroid dienone is 5. The molecule has 1 aliphatic rings. The van der Waals surface area contributed by atoms with Crippen molar-refractivity contribution in [1.82, 2.24) is 0 Å². The Morgan fingerprint density at radius 3 is 1.92 bits per heavy atom. The zero-order chi connectivity index (χ0) is 26.1. The summed E-state index contributed by atoms with van der Waals surface area (Å²) in [5, 5.41) is 38.5. The minimum Gasteiger partial charge on any atom is -1.00 e. The van der Waals surface area contributed by atoms with Crippen LogP contribution in [-0.4, -0.2) is 83.3 Å². The number of aryl methyl sites for hydroxylation is 1. The number of hydrogen-bond donors (Lipinski definition) is 4. The van der Waals surface area contributed by atoms with E-state index in [0.717, 1.165) is 44.8 Å². The number of rotatable bonds is 11. The minimum atomic E-state index is 0. The summed E-state index contributed by atoms with van der Waals surface area (Å²) in [5.74, 6) is 0. The van der Waals surface area contributed by atoms with Crippen LogP contribution in [0.5, 0.6) is 0 Å². The maximum absolute atomic E-state index is 9.46. The molecular weight excluding hydrogens is 511 g/mol. The lowest BCUT2D eigenvalue weighted by Crippen LogP contribution is -3.00. The van der Waals surface area contributed by atoms with Gasteiger partial charge in [-0.3, -0.25) is 0 Å². The van der Waals surface area contributed by atoms with E-state index in [-0.39, 0.29) is 38.8 Å². The molecule has 6 nitrogen and oxygen atoms in total. The van der Waals surface area contributed by atoms with Gasteiger partial charge in [0.1, 0.15) is 13.2 Å². The maximum Gasteiger partial charge on any atom is 0.203 e. The number of hydrogen-bond acceptors (Lipinski definition) is 5. The number of halogens is 2. The van der Waals surface area contributed by atoms with Gasteiger partial charge in [-0.15, -0.1) is 0 Å². The standard InChI is InChI=1S/C29H36ClN2O4.ClH/c1-21-19-24(5-9-27(21)31(11-15-33)12-16-34)29(23-3-7-26(30)8-4-23)25-6-10-28(22(2)20-25)32(13-17-35)14-18-36;/h3-10,19-20,33-36H,11-18H2,1-2H3;1H/q+1;/p-1. The lowest BCUT2D eigenvalue weighted by Gasteiger charge is -2.26. The SMILES string of the molecule is CC1=C/C(=C(\c2ccc(Cl)cc2)c2ccc(N(CCO)CCO)c(C)c2)C=CC1=[N+](CCO)CCO.[Cl-]. The fraction of sp³-hybridized carbons (Fsp3) is 0.345. The summed E-state index contributed by atoms with van der Waals surface area (Å²) in [7, 11) is 0. The zero-order valence-electron chi connectivity index (χ0n) is 21.4. The van der Waals surface area contributed by atoms with E-state index in [4.69, 9.17) is 11.6 Å². The van der Waals surface area contributed by atoms with Crippen molar-refractivity contribution in [2.45, 2.75) is 13.8 Å². The first-order valence-corrected chi connectivity index (χ1v) is 12.6. The molecule has 0 unspecified atom stereocenters. The monoisotopic (exact) mass is 546 g/mol. The third kappa shape index (κ3) is 7.77. The predicted octanol–water partition coefficient (Wildman–Crippen LogP) is 0.200. The molecule has 0 spiro atoms. The van der Waals surface area contributed by atoms with Crippen molar-refractivity contribution in [2.75, 3.05) is 57.5 Å². The van der Waals surface area contributed by atoms with Crippen LogP contribution in [0.1, 0.15) is 23.6 Å². The average molecular weight is 548 g/mol. The van der Waals surface area contributed by atoms with Crippen molar-refractivity contribution in [3.8, 4) is 0 Å². The van der Waals surface area contributed by atoms with Crippen molar-refractivity contribution in [3.05, 3.63) is 93.6 Å². The van der Waals surface area contributed by atoms with Gasteiger partial charge in [-0.25, -0.2) is 4.58 Å². The van der Waals surface area contributed by atoms with E-state index in [2.05, 4.69) is 24.3 Å². The molecule has 1 aliphatic carbocycles. The van der Waals surface area contributed by atoms with Gasteiger partial charge in [0.15, 0.2) is 13.1 Å². The van der Waals surface area contributed by atoms with Gasteiger partial charge in [0.2, 0.25) is 5.71 Å². The summed E-state index contributed by atoms with van der Waals surface area (Å²) in [4.78, 5) is 1.98. The summed E-state index contributed by atoms with van der Waals surface area (Å²) in [6.45, 7) is 5.93. The Balaban J connectivity index is 0.00000481. The molecule has 0 aromatic heterocycles. The highest BCUT2D eigenvalue weighted by Crippen LogP contribution is 2.34. The van der Waals surface area contributed by atoms with E-state index < -0.39 is 0 Å². The molecule has 2 aromatic rings. The molecule has 0 saturated heterocycles. The Morgan fingerprint density at radius 1 is 0.811 bits per heavy atom. The number of aliphatic hydroxyl groups excluding tert-OH is 4. The summed E-state index contributed by atoms with van der Waals surface area (Å²) in [6.07, 6.45) is 6.24. The quantitative estimate of drug-likeness (QED) is 0.302. The van der Waals surface area contributed by atoms with Crippen LogP contribution in [0.3, 0.4) is 0 Å². The number of nitrogens with zero attached hydrogens (tertiary/aromatic N) is 2. The van der Waals surface area contributed by atoms with Gasteiger partial charge >= 0.3 is 0 Å². The van der Waals surface area contributed by atoms with Crippen molar-refractivity contribution in [3.63, 3.8) is 0 Å². The molecule has 0 radical (unpaired) electrons. The van der Waals surface area contributed by atoms with Crippen LogP contribution >= 0.6 is 11.6 Å². The summed E-state index contributed by atoms with van der Waals surface area (Å²) in [5.41, 5.74) is 8.23. The molecular formula is C29H36Cl2N2O4. The van der Waals surface area contributed by atoms with E-state index in [0.29, 0.717) is 31.2 Å². The Kier molecular flexibility index (Phi) is 12.5. The normalized spacial score (nSPS) is 14.2. The van der Waals surface area contributed by atoms with Gasteiger partial charge in [-0.05, 0) is 78.1 Å².